The molecule has 1 amide bonds. The van der Waals surface area contributed by atoms with Gasteiger partial charge in [0.2, 0.25) is 5.91 Å². The van der Waals surface area contributed by atoms with Crippen molar-refractivity contribution in [2.75, 3.05) is 4.90 Å². The van der Waals surface area contributed by atoms with Crippen molar-refractivity contribution in [1.29, 1.82) is 0 Å². The van der Waals surface area contributed by atoms with Crippen LogP contribution in [-0.4, -0.2) is 11.2 Å². The van der Waals surface area contributed by atoms with Crippen LogP contribution in [0.25, 0.3) is 0 Å². The fraction of sp³-hybridized carbons (Fsp3) is 0.240. The number of thioether (sulfide) groups is 1. The molecule has 0 bridgehead atoms. The Labute approximate surface area is 171 Å². The van der Waals surface area contributed by atoms with Crippen LogP contribution < -0.4 is 4.90 Å². The molecule has 0 saturated carbocycles. The molecule has 0 fully saturated rings. The van der Waals surface area contributed by atoms with E-state index in [0.29, 0.717) is 0 Å². The number of nitrogens with zero attached hydrogens (tertiary/aromatic N) is 1. The van der Waals surface area contributed by atoms with Crippen molar-refractivity contribution in [3.63, 3.8) is 0 Å². The number of hydrogen-bond donors (Lipinski definition) is 0. The predicted octanol–water partition coefficient (Wildman–Crippen LogP) is 6.16. The molecule has 4 rings (SSSR count). The lowest BCUT2D eigenvalue weighted by atomic mass is 10.0. The number of para-hydroxylation sites is 2. The van der Waals surface area contributed by atoms with E-state index in [1.54, 1.807) is 11.8 Å². The molecule has 1 unspecified atom stereocenters. The van der Waals surface area contributed by atoms with E-state index in [4.69, 9.17) is 0 Å². The average molecular weight is 388 g/mol. The van der Waals surface area contributed by atoms with Gasteiger partial charge in [0.05, 0.1) is 16.6 Å². The van der Waals surface area contributed by atoms with Crippen LogP contribution in [0.2, 0.25) is 0 Å². The number of anilines is 2. The number of benzene rings is 3. The molecule has 3 heteroatoms. The first-order valence-electron chi connectivity index (χ1n) is 9.93. The zero-order chi connectivity index (χ0) is 19.3. The summed E-state index contributed by atoms with van der Waals surface area (Å²) in [6.07, 6.45) is 2.74. The topological polar surface area (TPSA) is 20.3 Å². The van der Waals surface area contributed by atoms with Gasteiger partial charge in [0, 0.05) is 5.75 Å². The minimum Gasteiger partial charge on any atom is -0.280 e. The predicted molar refractivity (Wildman–Crippen MR) is 119 cm³/mol. The molecule has 1 aliphatic rings. The summed E-state index contributed by atoms with van der Waals surface area (Å²) in [5, 5.41) is -0.0700. The van der Waals surface area contributed by atoms with Crippen molar-refractivity contribution in [1.82, 2.24) is 0 Å². The largest absolute Gasteiger partial charge is 0.280 e. The first-order valence-corrected chi connectivity index (χ1v) is 11.0. The van der Waals surface area contributed by atoms with Gasteiger partial charge in [-0.25, -0.2) is 0 Å². The van der Waals surface area contributed by atoms with E-state index in [1.807, 2.05) is 23.1 Å². The molecular weight excluding hydrogens is 362 g/mol. The molecular formula is C25H25NOS. The van der Waals surface area contributed by atoms with Crippen LogP contribution in [0.15, 0.2) is 78.9 Å². The fourth-order valence-corrected chi connectivity index (χ4v) is 4.87. The first kappa shape index (κ1) is 18.8. The minimum atomic E-state index is -0.0700. The van der Waals surface area contributed by atoms with Gasteiger partial charge in [0.1, 0.15) is 0 Å². The fourth-order valence-electron chi connectivity index (χ4n) is 3.80. The molecule has 0 saturated heterocycles. The number of rotatable bonds is 5. The molecule has 3 aromatic rings. The summed E-state index contributed by atoms with van der Waals surface area (Å²) in [6, 6.07) is 27.1. The van der Waals surface area contributed by atoms with Gasteiger partial charge in [-0.15, -0.1) is 11.8 Å². The van der Waals surface area contributed by atoms with Gasteiger partial charge in [-0.05, 0) is 48.1 Å². The highest BCUT2D eigenvalue weighted by atomic mass is 32.2. The first-order chi connectivity index (χ1) is 13.8. The maximum Gasteiger partial charge on any atom is 0.244 e. The minimum absolute atomic E-state index is 0.0700. The second kappa shape index (κ2) is 8.66. The molecule has 3 aromatic carbocycles. The Kier molecular flexibility index (Phi) is 5.82. The van der Waals surface area contributed by atoms with Crippen LogP contribution in [0.3, 0.4) is 0 Å². The highest BCUT2D eigenvalue weighted by molar-refractivity contribution is 7.99. The Bertz CT molecular complexity index is 906. The molecule has 2 nitrogen and oxygen atoms in total. The second-order valence-electron chi connectivity index (χ2n) is 7.12. The van der Waals surface area contributed by atoms with Crippen molar-refractivity contribution in [3.8, 4) is 0 Å². The van der Waals surface area contributed by atoms with Crippen molar-refractivity contribution in [2.45, 2.75) is 37.2 Å². The van der Waals surface area contributed by atoms with E-state index >= 15 is 0 Å². The SMILES string of the molecule is CCC(SCc1ccccc1)C(=O)N1c2ccccc2CCc2ccccc21. The zero-order valence-corrected chi connectivity index (χ0v) is 17.0. The Hall–Kier alpha value is -2.52. The van der Waals surface area contributed by atoms with E-state index in [0.717, 1.165) is 36.4 Å². The summed E-state index contributed by atoms with van der Waals surface area (Å²) in [7, 11) is 0. The molecule has 1 heterocycles. The van der Waals surface area contributed by atoms with Crippen LogP contribution in [0.1, 0.15) is 30.0 Å². The van der Waals surface area contributed by atoms with E-state index in [2.05, 4.69) is 67.6 Å². The smallest absolute Gasteiger partial charge is 0.244 e. The van der Waals surface area contributed by atoms with Crippen LogP contribution in [0.5, 0.6) is 0 Å². The van der Waals surface area contributed by atoms with Crippen LogP contribution in [0.4, 0.5) is 11.4 Å². The molecule has 1 atom stereocenters. The van der Waals surface area contributed by atoms with E-state index in [-0.39, 0.29) is 11.2 Å². The Morgan fingerprint density at radius 1 is 0.857 bits per heavy atom. The molecule has 28 heavy (non-hydrogen) atoms. The van der Waals surface area contributed by atoms with Gasteiger partial charge in [0.25, 0.3) is 0 Å². The molecule has 142 valence electrons. The second-order valence-corrected chi connectivity index (χ2v) is 8.32. The van der Waals surface area contributed by atoms with Gasteiger partial charge in [0.15, 0.2) is 0 Å². The van der Waals surface area contributed by atoms with Gasteiger partial charge < -0.3 is 0 Å². The standard InChI is InChI=1S/C25H25NOS/c1-2-24(28-18-19-10-4-3-5-11-19)25(27)26-22-14-8-6-12-20(22)16-17-21-13-7-9-15-23(21)26/h3-15,24H,2,16-18H2,1H3. The van der Waals surface area contributed by atoms with E-state index in [1.165, 1.54) is 16.7 Å². The number of aryl methyl sites for hydroxylation is 2. The van der Waals surface area contributed by atoms with Crippen LogP contribution >= 0.6 is 11.8 Å². The maximum absolute atomic E-state index is 13.7. The lowest BCUT2D eigenvalue weighted by Gasteiger charge is -2.28. The molecule has 0 spiro atoms. The lowest BCUT2D eigenvalue weighted by Crippen LogP contribution is -2.34. The van der Waals surface area contributed by atoms with E-state index < -0.39 is 0 Å². The normalized spacial score (nSPS) is 14.0. The van der Waals surface area contributed by atoms with Gasteiger partial charge >= 0.3 is 0 Å². The van der Waals surface area contributed by atoms with Crippen molar-refractivity contribution < 1.29 is 4.79 Å². The molecule has 1 aliphatic heterocycles. The molecule has 0 radical (unpaired) electrons. The van der Waals surface area contributed by atoms with Crippen molar-refractivity contribution in [3.05, 3.63) is 95.6 Å². The third kappa shape index (κ3) is 3.85. The zero-order valence-electron chi connectivity index (χ0n) is 16.2. The lowest BCUT2D eigenvalue weighted by molar-refractivity contribution is -0.117. The molecule has 0 N–H and O–H groups in total. The Morgan fingerprint density at radius 3 is 1.96 bits per heavy atom. The number of amides is 1. The van der Waals surface area contributed by atoms with Gasteiger partial charge in [-0.1, -0.05) is 73.7 Å². The number of carbonyl (C=O) groups excluding carboxylic acids is 1. The third-order valence-electron chi connectivity index (χ3n) is 5.29. The highest BCUT2D eigenvalue weighted by Gasteiger charge is 2.30. The van der Waals surface area contributed by atoms with Gasteiger partial charge in [-0.3, -0.25) is 9.69 Å². The third-order valence-corrected chi connectivity index (χ3v) is 6.73. The summed E-state index contributed by atoms with van der Waals surface area (Å²) in [6.45, 7) is 2.11. The molecule has 0 aliphatic carbocycles. The average Bonchev–Trinajstić information content (AvgIpc) is 2.91. The molecule has 0 aromatic heterocycles. The van der Waals surface area contributed by atoms with Gasteiger partial charge in [-0.2, -0.15) is 0 Å². The summed E-state index contributed by atoms with van der Waals surface area (Å²) in [5.41, 5.74) is 5.83. The summed E-state index contributed by atoms with van der Waals surface area (Å²) in [5.74, 6) is 1.03. The number of carbonyl (C=O) groups is 1. The number of fused-ring (bicyclic) bond motifs is 2. The quantitative estimate of drug-likeness (QED) is 0.522. The Balaban J connectivity index is 1.67. The summed E-state index contributed by atoms with van der Waals surface area (Å²) in [4.78, 5) is 15.7. The van der Waals surface area contributed by atoms with Crippen LogP contribution in [0, 0.1) is 0 Å². The highest BCUT2D eigenvalue weighted by Crippen LogP contribution is 2.38. The Morgan fingerprint density at radius 2 is 1.39 bits per heavy atom. The van der Waals surface area contributed by atoms with Crippen molar-refractivity contribution in [2.24, 2.45) is 0 Å². The summed E-state index contributed by atoms with van der Waals surface area (Å²) >= 11 is 1.74. The number of hydrogen-bond acceptors (Lipinski definition) is 2. The maximum atomic E-state index is 13.7. The van der Waals surface area contributed by atoms with E-state index in [9.17, 15) is 4.79 Å². The monoisotopic (exact) mass is 387 g/mol. The van der Waals surface area contributed by atoms with Crippen LogP contribution in [-0.2, 0) is 23.4 Å². The van der Waals surface area contributed by atoms with Crippen molar-refractivity contribution >= 4 is 29.0 Å². The summed E-state index contributed by atoms with van der Waals surface area (Å²) < 4.78 is 0.